The summed E-state index contributed by atoms with van der Waals surface area (Å²) in [6.45, 7) is 1.29. The van der Waals surface area contributed by atoms with E-state index in [9.17, 15) is 16.8 Å². The Morgan fingerprint density at radius 2 is 1.68 bits per heavy atom. The second-order valence-corrected chi connectivity index (χ2v) is 9.88. The third kappa shape index (κ3) is 3.05. The van der Waals surface area contributed by atoms with Gasteiger partial charge in [-0.1, -0.05) is 30.3 Å². The fourth-order valence-electron chi connectivity index (χ4n) is 2.88. The molecular formula is C14H20N2O4S2. The molecule has 0 bridgehead atoms. The third-order valence-electron chi connectivity index (χ3n) is 4.22. The van der Waals surface area contributed by atoms with Crippen LogP contribution >= 0.6 is 0 Å². The summed E-state index contributed by atoms with van der Waals surface area (Å²) >= 11 is 0. The molecule has 0 radical (unpaired) electrons. The maximum Gasteiger partial charge on any atom is 0.282 e. The number of sulfone groups is 1. The molecule has 0 aliphatic carbocycles. The molecule has 2 fully saturated rings. The molecule has 2 saturated heterocycles. The lowest BCUT2D eigenvalue weighted by Gasteiger charge is -2.37. The van der Waals surface area contributed by atoms with Crippen LogP contribution in [0.1, 0.15) is 24.4 Å². The van der Waals surface area contributed by atoms with Crippen molar-refractivity contribution < 1.29 is 16.8 Å². The zero-order chi connectivity index (χ0) is 15.8. The van der Waals surface area contributed by atoms with Gasteiger partial charge in [-0.3, -0.25) is 0 Å². The lowest BCUT2D eigenvalue weighted by atomic mass is 10.1. The first-order chi connectivity index (χ1) is 10.4. The van der Waals surface area contributed by atoms with Gasteiger partial charge in [0.1, 0.15) is 0 Å². The summed E-state index contributed by atoms with van der Waals surface area (Å²) in [7, 11) is -6.84. The molecule has 22 heavy (non-hydrogen) atoms. The molecule has 1 aromatic carbocycles. The first kappa shape index (κ1) is 15.9. The maximum absolute atomic E-state index is 12.8. The van der Waals surface area contributed by atoms with Crippen molar-refractivity contribution in [2.24, 2.45) is 0 Å². The molecule has 0 saturated carbocycles. The van der Waals surface area contributed by atoms with Crippen molar-refractivity contribution in [2.45, 2.75) is 18.9 Å². The Balaban J connectivity index is 2.01. The summed E-state index contributed by atoms with van der Waals surface area (Å²) in [5, 5.41) is 0. The first-order valence-electron chi connectivity index (χ1n) is 7.42. The van der Waals surface area contributed by atoms with Gasteiger partial charge in [-0.25, -0.2) is 8.42 Å². The van der Waals surface area contributed by atoms with E-state index in [2.05, 4.69) is 0 Å². The Labute approximate surface area is 131 Å². The van der Waals surface area contributed by atoms with Crippen LogP contribution in [0.2, 0.25) is 0 Å². The normalized spacial score (nSPS) is 27.0. The molecule has 2 aliphatic rings. The second-order valence-electron chi connectivity index (χ2n) is 5.77. The van der Waals surface area contributed by atoms with Crippen molar-refractivity contribution in [3.8, 4) is 0 Å². The van der Waals surface area contributed by atoms with E-state index in [0.29, 0.717) is 19.5 Å². The largest absolute Gasteiger partial charge is 0.282 e. The molecule has 2 heterocycles. The van der Waals surface area contributed by atoms with E-state index in [-0.39, 0.29) is 18.1 Å². The molecule has 6 nitrogen and oxygen atoms in total. The third-order valence-corrected chi connectivity index (χ3v) is 8.00. The highest BCUT2D eigenvalue weighted by Gasteiger charge is 2.41. The van der Waals surface area contributed by atoms with Crippen LogP contribution in [0.5, 0.6) is 0 Å². The summed E-state index contributed by atoms with van der Waals surface area (Å²) in [4.78, 5) is 0. The van der Waals surface area contributed by atoms with E-state index in [1.54, 1.807) is 24.3 Å². The lowest BCUT2D eigenvalue weighted by Crippen LogP contribution is -2.51. The smallest absolute Gasteiger partial charge is 0.229 e. The summed E-state index contributed by atoms with van der Waals surface area (Å²) in [6.07, 6.45) is 1.21. The highest BCUT2D eigenvalue weighted by Crippen LogP contribution is 2.31. The van der Waals surface area contributed by atoms with Crippen molar-refractivity contribution in [1.82, 2.24) is 8.61 Å². The Morgan fingerprint density at radius 1 is 1.00 bits per heavy atom. The molecule has 8 heteroatoms. The quantitative estimate of drug-likeness (QED) is 0.813. The number of benzene rings is 1. The molecular weight excluding hydrogens is 324 g/mol. The van der Waals surface area contributed by atoms with Crippen LogP contribution in [0.4, 0.5) is 0 Å². The molecule has 2 aliphatic heterocycles. The fourth-order valence-corrected chi connectivity index (χ4v) is 6.46. The Hall–Kier alpha value is -0.960. The minimum Gasteiger partial charge on any atom is -0.229 e. The average Bonchev–Trinajstić information content (AvgIpc) is 2.56. The van der Waals surface area contributed by atoms with E-state index in [1.165, 1.54) is 8.61 Å². The summed E-state index contributed by atoms with van der Waals surface area (Å²) in [6, 6.07) is 8.40. The molecule has 122 valence electrons. The molecule has 0 amide bonds. The maximum atomic E-state index is 12.8. The highest BCUT2D eigenvalue weighted by atomic mass is 32.2. The van der Waals surface area contributed by atoms with Crippen molar-refractivity contribution in [2.75, 3.05) is 31.1 Å². The summed E-state index contributed by atoms with van der Waals surface area (Å²) < 4.78 is 52.6. The van der Waals surface area contributed by atoms with Gasteiger partial charge in [-0.15, -0.1) is 0 Å². The molecule has 3 rings (SSSR count). The van der Waals surface area contributed by atoms with Gasteiger partial charge in [-0.05, 0) is 18.4 Å². The van der Waals surface area contributed by atoms with Crippen molar-refractivity contribution >= 4 is 20.0 Å². The molecule has 0 aromatic heterocycles. The summed E-state index contributed by atoms with van der Waals surface area (Å²) in [5.41, 5.74) is 0.733. The molecule has 0 spiro atoms. The zero-order valence-corrected chi connectivity index (χ0v) is 13.9. The number of nitrogens with zero attached hydrogens (tertiary/aromatic N) is 2. The predicted octanol–water partition coefficient (Wildman–Crippen LogP) is 0.799. The highest BCUT2D eigenvalue weighted by molar-refractivity contribution is 7.91. The van der Waals surface area contributed by atoms with Crippen LogP contribution in [0.15, 0.2) is 30.3 Å². The molecule has 0 N–H and O–H groups in total. The van der Waals surface area contributed by atoms with Crippen LogP contribution < -0.4 is 0 Å². The van der Waals surface area contributed by atoms with E-state index in [0.717, 1.165) is 12.0 Å². The minimum absolute atomic E-state index is 0.0440. The van der Waals surface area contributed by atoms with E-state index < -0.39 is 26.1 Å². The number of rotatable bonds is 3. The van der Waals surface area contributed by atoms with Gasteiger partial charge in [0, 0.05) is 19.6 Å². The van der Waals surface area contributed by atoms with Gasteiger partial charge in [0.2, 0.25) is 0 Å². The van der Waals surface area contributed by atoms with Gasteiger partial charge < -0.3 is 0 Å². The van der Waals surface area contributed by atoms with Gasteiger partial charge in [0.05, 0.1) is 17.5 Å². The molecule has 1 unspecified atom stereocenters. The van der Waals surface area contributed by atoms with E-state index >= 15 is 0 Å². The Bertz CT molecular complexity index is 727. The SMILES string of the molecule is O=S1(=O)CCCN(S(=O)(=O)N2CCC2)C(c2ccccc2)C1. The molecule has 1 aromatic rings. The topological polar surface area (TPSA) is 74.8 Å². The lowest BCUT2D eigenvalue weighted by molar-refractivity contribution is 0.254. The van der Waals surface area contributed by atoms with Gasteiger partial charge in [-0.2, -0.15) is 17.0 Å². The average molecular weight is 344 g/mol. The van der Waals surface area contributed by atoms with Crippen molar-refractivity contribution in [3.63, 3.8) is 0 Å². The standard InChI is InChI=1S/C14H20N2O4S2/c17-21(18)11-5-10-16(22(19,20)15-8-4-9-15)14(12-21)13-6-2-1-3-7-13/h1-3,6-7,14H,4-5,8-12H2. The Kier molecular flexibility index (Phi) is 4.28. The zero-order valence-electron chi connectivity index (χ0n) is 12.3. The Morgan fingerprint density at radius 3 is 2.27 bits per heavy atom. The summed E-state index contributed by atoms with van der Waals surface area (Å²) in [5.74, 6) is -0.105. The van der Waals surface area contributed by atoms with E-state index in [4.69, 9.17) is 0 Å². The van der Waals surface area contributed by atoms with E-state index in [1.807, 2.05) is 6.07 Å². The van der Waals surface area contributed by atoms with Crippen LogP contribution in [-0.2, 0) is 20.0 Å². The number of hydrogen-bond acceptors (Lipinski definition) is 4. The first-order valence-corrected chi connectivity index (χ1v) is 10.6. The number of hydrogen-bond donors (Lipinski definition) is 0. The van der Waals surface area contributed by atoms with Crippen molar-refractivity contribution in [1.29, 1.82) is 0 Å². The fraction of sp³-hybridized carbons (Fsp3) is 0.571. The minimum atomic E-state index is -3.59. The predicted molar refractivity (Wildman–Crippen MR) is 84.3 cm³/mol. The van der Waals surface area contributed by atoms with Crippen LogP contribution in [0, 0.1) is 0 Å². The van der Waals surface area contributed by atoms with Crippen LogP contribution in [0.25, 0.3) is 0 Å². The van der Waals surface area contributed by atoms with Gasteiger partial charge >= 0.3 is 0 Å². The van der Waals surface area contributed by atoms with Gasteiger partial charge in [0.25, 0.3) is 10.2 Å². The van der Waals surface area contributed by atoms with Crippen molar-refractivity contribution in [3.05, 3.63) is 35.9 Å². The van der Waals surface area contributed by atoms with Gasteiger partial charge in [0.15, 0.2) is 9.84 Å². The monoisotopic (exact) mass is 344 g/mol. The molecule has 1 atom stereocenters. The second kappa shape index (κ2) is 5.92. The van der Waals surface area contributed by atoms with Crippen LogP contribution in [-0.4, -0.2) is 56.6 Å². The van der Waals surface area contributed by atoms with Crippen LogP contribution in [0.3, 0.4) is 0 Å².